The molecule has 1 unspecified atom stereocenters. The van der Waals surface area contributed by atoms with Gasteiger partial charge in [-0.3, -0.25) is 10.1 Å². The maximum absolute atomic E-state index is 12.0. The number of hydrogen-bond donors (Lipinski definition) is 1. The van der Waals surface area contributed by atoms with Crippen molar-refractivity contribution in [3.8, 4) is 0 Å². The fraction of sp³-hybridized carbons (Fsp3) is 0.933. The lowest BCUT2D eigenvalue weighted by atomic mass is 9.96. The summed E-state index contributed by atoms with van der Waals surface area (Å²) in [4.78, 5) is 14.3. The molecule has 0 aromatic carbocycles. The Morgan fingerprint density at radius 3 is 2.40 bits per heavy atom. The third kappa shape index (κ3) is 7.22. The smallest absolute Gasteiger partial charge is 0.325 e. The highest BCUT2D eigenvalue weighted by Gasteiger charge is 2.34. The molecule has 0 rings (SSSR count). The molecule has 5 nitrogen and oxygen atoms in total. The van der Waals surface area contributed by atoms with Crippen LogP contribution in [0.4, 0.5) is 0 Å². The molecule has 0 aliphatic carbocycles. The summed E-state index contributed by atoms with van der Waals surface area (Å²) in [6, 6.07) is 0.234. The molecule has 0 fully saturated rings. The Bertz CT molecular complexity index is 272. The Morgan fingerprint density at radius 2 is 1.95 bits per heavy atom. The van der Waals surface area contributed by atoms with Crippen molar-refractivity contribution >= 4 is 5.97 Å². The first-order valence-electron chi connectivity index (χ1n) is 7.55. The van der Waals surface area contributed by atoms with Crippen molar-refractivity contribution in [2.45, 2.75) is 52.6 Å². The van der Waals surface area contributed by atoms with Gasteiger partial charge in [0.25, 0.3) is 0 Å². The highest BCUT2D eigenvalue weighted by Crippen LogP contribution is 2.14. The number of ether oxygens (including phenoxy) is 2. The number of nitrogens with one attached hydrogen (secondary N) is 1. The fourth-order valence-electron chi connectivity index (χ4n) is 2.24. The Hall–Kier alpha value is -0.650. The number of carbonyl (C=O) groups is 1. The first-order valence-corrected chi connectivity index (χ1v) is 7.55. The monoisotopic (exact) mass is 288 g/mol. The summed E-state index contributed by atoms with van der Waals surface area (Å²) >= 11 is 0. The second-order valence-electron chi connectivity index (χ2n) is 5.50. The van der Waals surface area contributed by atoms with Gasteiger partial charge in [0, 0.05) is 25.7 Å². The van der Waals surface area contributed by atoms with Crippen LogP contribution in [0.15, 0.2) is 0 Å². The van der Waals surface area contributed by atoms with Gasteiger partial charge in [-0.25, -0.2) is 0 Å². The minimum Gasteiger partial charge on any atom is -0.468 e. The number of esters is 1. The molecule has 0 spiro atoms. The Labute approximate surface area is 124 Å². The summed E-state index contributed by atoms with van der Waals surface area (Å²) in [5.74, 6) is -0.202. The fourth-order valence-corrected chi connectivity index (χ4v) is 2.24. The number of methoxy groups -OCH3 is 1. The molecule has 0 aliphatic rings. The molecule has 0 radical (unpaired) electrons. The molecule has 0 saturated carbocycles. The number of nitrogens with zero attached hydrogens (tertiary/aromatic N) is 1. The van der Waals surface area contributed by atoms with E-state index in [2.05, 4.69) is 17.1 Å². The first-order chi connectivity index (χ1) is 9.39. The standard InChI is InChI=1S/C15H32N2O3/c1-7-17(11-12-20-8-2)10-9-15(5,14(18)19-6)16-13(3)4/h13,16H,7-12H2,1-6H3. The Morgan fingerprint density at radius 1 is 1.30 bits per heavy atom. The van der Waals surface area contributed by atoms with E-state index in [9.17, 15) is 4.79 Å². The van der Waals surface area contributed by atoms with Crippen LogP contribution in [0.25, 0.3) is 0 Å². The van der Waals surface area contributed by atoms with Crippen molar-refractivity contribution in [1.29, 1.82) is 0 Å². The highest BCUT2D eigenvalue weighted by atomic mass is 16.5. The topological polar surface area (TPSA) is 50.8 Å². The average molecular weight is 288 g/mol. The SMILES string of the molecule is CCOCCN(CC)CCC(C)(NC(C)C)C(=O)OC. The van der Waals surface area contributed by atoms with Crippen molar-refractivity contribution in [3.05, 3.63) is 0 Å². The molecule has 5 heteroatoms. The molecule has 0 aromatic rings. The maximum atomic E-state index is 12.0. The van der Waals surface area contributed by atoms with E-state index in [0.717, 1.165) is 39.3 Å². The molecule has 120 valence electrons. The van der Waals surface area contributed by atoms with Gasteiger partial charge in [-0.2, -0.15) is 0 Å². The van der Waals surface area contributed by atoms with Crippen LogP contribution in [0.1, 0.15) is 41.0 Å². The van der Waals surface area contributed by atoms with Crippen LogP contribution < -0.4 is 5.32 Å². The van der Waals surface area contributed by atoms with Gasteiger partial charge >= 0.3 is 5.97 Å². The molecule has 20 heavy (non-hydrogen) atoms. The highest BCUT2D eigenvalue weighted by molar-refractivity contribution is 5.80. The van der Waals surface area contributed by atoms with Gasteiger partial charge in [-0.05, 0) is 40.7 Å². The number of carbonyl (C=O) groups excluding carboxylic acids is 1. The summed E-state index contributed by atoms with van der Waals surface area (Å²) in [5.41, 5.74) is -0.637. The maximum Gasteiger partial charge on any atom is 0.325 e. The summed E-state index contributed by atoms with van der Waals surface area (Å²) in [7, 11) is 1.44. The quantitative estimate of drug-likeness (QED) is 0.463. The van der Waals surface area contributed by atoms with Gasteiger partial charge < -0.3 is 14.4 Å². The van der Waals surface area contributed by atoms with Crippen molar-refractivity contribution in [2.24, 2.45) is 0 Å². The second-order valence-corrected chi connectivity index (χ2v) is 5.50. The molecule has 1 N–H and O–H groups in total. The van der Waals surface area contributed by atoms with E-state index >= 15 is 0 Å². The van der Waals surface area contributed by atoms with Gasteiger partial charge in [-0.1, -0.05) is 6.92 Å². The van der Waals surface area contributed by atoms with E-state index in [0.29, 0.717) is 0 Å². The van der Waals surface area contributed by atoms with E-state index in [-0.39, 0.29) is 12.0 Å². The van der Waals surface area contributed by atoms with Crippen molar-refractivity contribution in [2.75, 3.05) is 40.0 Å². The minimum atomic E-state index is -0.637. The lowest BCUT2D eigenvalue weighted by molar-refractivity contribution is -0.148. The summed E-state index contributed by atoms with van der Waals surface area (Å²) < 4.78 is 10.3. The predicted molar refractivity (Wildman–Crippen MR) is 81.9 cm³/mol. The van der Waals surface area contributed by atoms with Crippen LogP contribution in [-0.4, -0.2) is 62.4 Å². The van der Waals surface area contributed by atoms with Gasteiger partial charge in [0.1, 0.15) is 5.54 Å². The summed E-state index contributed by atoms with van der Waals surface area (Å²) in [5, 5.41) is 3.32. The molecule has 0 saturated heterocycles. The van der Waals surface area contributed by atoms with Gasteiger partial charge in [0.2, 0.25) is 0 Å². The van der Waals surface area contributed by atoms with Crippen LogP contribution in [0.5, 0.6) is 0 Å². The third-order valence-corrected chi connectivity index (χ3v) is 3.37. The van der Waals surface area contributed by atoms with E-state index < -0.39 is 5.54 Å². The molecule has 0 bridgehead atoms. The minimum absolute atomic E-state index is 0.202. The third-order valence-electron chi connectivity index (χ3n) is 3.37. The van der Waals surface area contributed by atoms with Crippen LogP contribution in [0.2, 0.25) is 0 Å². The van der Waals surface area contributed by atoms with E-state index in [1.807, 2.05) is 27.7 Å². The Kier molecular flexibility index (Phi) is 9.80. The summed E-state index contributed by atoms with van der Waals surface area (Å²) in [6.07, 6.45) is 0.720. The molecule has 0 aliphatic heterocycles. The van der Waals surface area contributed by atoms with Crippen LogP contribution >= 0.6 is 0 Å². The average Bonchev–Trinajstić information content (AvgIpc) is 2.40. The predicted octanol–water partition coefficient (Wildman–Crippen LogP) is 1.66. The number of rotatable bonds is 11. The van der Waals surface area contributed by atoms with Crippen molar-refractivity contribution < 1.29 is 14.3 Å². The van der Waals surface area contributed by atoms with Crippen LogP contribution in [-0.2, 0) is 14.3 Å². The molecular weight excluding hydrogens is 256 g/mol. The van der Waals surface area contributed by atoms with Gasteiger partial charge in [0.05, 0.1) is 13.7 Å². The van der Waals surface area contributed by atoms with Crippen molar-refractivity contribution in [3.63, 3.8) is 0 Å². The zero-order chi connectivity index (χ0) is 15.6. The number of likely N-dealkylation sites (N-methyl/N-ethyl adjacent to an activating group) is 1. The summed E-state index contributed by atoms with van der Waals surface area (Å²) in [6.45, 7) is 14.3. The first kappa shape index (κ1) is 19.4. The van der Waals surface area contributed by atoms with Gasteiger partial charge in [-0.15, -0.1) is 0 Å². The number of hydrogen-bond acceptors (Lipinski definition) is 5. The largest absolute Gasteiger partial charge is 0.468 e. The van der Waals surface area contributed by atoms with E-state index in [1.165, 1.54) is 7.11 Å². The van der Waals surface area contributed by atoms with Crippen LogP contribution in [0, 0.1) is 0 Å². The van der Waals surface area contributed by atoms with Gasteiger partial charge in [0.15, 0.2) is 0 Å². The molecular formula is C15H32N2O3. The molecule has 0 heterocycles. The normalized spacial score (nSPS) is 14.6. The molecule has 0 amide bonds. The lowest BCUT2D eigenvalue weighted by Gasteiger charge is -2.32. The van der Waals surface area contributed by atoms with Crippen molar-refractivity contribution in [1.82, 2.24) is 10.2 Å². The molecule has 0 aromatic heterocycles. The van der Waals surface area contributed by atoms with E-state index in [1.54, 1.807) is 0 Å². The lowest BCUT2D eigenvalue weighted by Crippen LogP contribution is -2.54. The Balaban J connectivity index is 4.45. The zero-order valence-electron chi connectivity index (χ0n) is 14.0. The van der Waals surface area contributed by atoms with Crippen LogP contribution in [0.3, 0.4) is 0 Å². The molecule has 1 atom stereocenters. The van der Waals surface area contributed by atoms with E-state index in [4.69, 9.17) is 9.47 Å². The second kappa shape index (κ2) is 10.1. The zero-order valence-corrected chi connectivity index (χ0v) is 14.0.